The standard InChI is InChI=1S/C53H91N15O13/c1-6-7-8-9-13-16-41(71)60-34(17-22-54)48(76)68-44(32(5)70)53(81)59-29-42(72)61-38-21-26-58-52(80)43(31(4)69)67-49(77)37(20-25-57)63-45(73)35(18-23-55)64-50(78)39(27-30(2)3)65-51(79)40(28-33-14-11-10-12-15-33)66-46(74)36(19-24-56)62-47(38)75/h10-12,14-15,30-32,34-40,43-44,69-70H,6-9,13,16-29,54-57H2,1-5H3,(H,58,80)(H,59,81)(H,60,71)(H,61,72)(H,62,75)(H,63,73)(H,64,78)(H,65,79)(H,66,74)(H,67,77)(H,68,76)/t31-,32-,34+,35+,36+,37+,38+,39+,40-,43+,44+/m1/s1. The van der Waals surface area contributed by atoms with Gasteiger partial charge >= 0.3 is 0 Å². The SMILES string of the molecule is CCCCCCCC(=O)N[C@@H](CCN)C(=O)N[C@H](C(=O)NCC(=O)N[C@H]1CCNC(=O)[C@H]([C@@H](C)O)NC(=O)[C@H](CCN)NC(=O)[C@H](CCN)NC(=O)[C@H](CC(C)C)NC(=O)[C@@H](Cc2ccccc2)NC(=O)[C@H](CCN)NC1=O)[C@@H](C)O. The fourth-order valence-corrected chi connectivity index (χ4v) is 8.58. The predicted octanol–water partition coefficient (Wildman–Crippen LogP) is -5.21. The van der Waals surface area contributed by atoms with Crippen LogP contribution in [0.1, 0.15) is 117 Å². The molecule has 1 aliphatic heterocycles. The lowest BCUT2D eigenvalue weighted by atomic mass is 10.00. The summed E-state index contributed by atoms with van der Waals surface area (Å²) in [6.45, 7) is 6.33. The Balaban J connectivity index is 2.58. The number of carbonyl (C=O) groups excluding carboxylic acids is 11. The first-order valence-electron chi connectivity index (χ1n) is 28.0. The molecule has 28 nitrogen and oxygen atoms in total. The van der Waals surface area contributed by atoms with E-state index in [0.29, 0.717) is 12.0 Å². The van der Waals surface area contributed by atoms with Gasteiger partial charge in [0.05, 0.1) is 18.8 Å². The van der Waals surface area contributed by atoms with Crippen LogP contribution in [0.25, 0.3) is 0 Å². The number of benzene rings is 1. The Hall–Kier alpha value is -6.85. The van der Waals surface area contributed by atoms with Gasteiger partial charge in [0.15, 0.2) is 0 Å². The lowest BCUT2D eigenvalue weighted by molar-refractivity contribution is -0.136. The van der Waals surface area contributed by atoms with Crippen LogP contribution in [-0.2, 0) is 59.2 Å². The Labute approximate surface area is 473 Å². The lowest BCUT2D eigenvalue weighted by Crippen LogP contribution is -2.61. The minimum absolute atomic E-state index is 0.00372. The largest absolute Gasteiger partial charge is 0.391 e. The molecule has 0 spiro atoms. The fraction of sp³-hybridized carbons (Fsp3) is 0.679. The number of hydrogen-bond acceptors (Lipinski definition) is 17. The molecule has 81 heavy (non-hydrogen) atoms. The Morgan fingerprint density at radius 2 is 1.12 bits per heavy atom. The van der Waals surface area contributed by atoms with Crippen LogP contribution >= 0.6 is 0 Å². The molecule has 2 rings (SSSR count). The van der Waals surface area contributed by atoms with E-state index >= 15 is 0 Å². The van der Waals surface area contributed by atoms with Crippen molar-refractivity contribution in [1.29, 1.82) is 0 Å². The summed E-state index contributed by atoms with van der Waals surface area (Å²) in [7, 11) is 0. The van der Waals surface area contributed by atoms with Gasteiger partial charge in [-0.05, 0) is 96.5 Å². The van der Waals surface area contributed by atoms with Crippen molar-refractivity contribution in [2.45, 2.75) is 185 Å². The van der Waals surface area contributed by atoms with Gasteiger partial charge in [-0.25, -0.2) is 0 Å². The second-order valence-corrected chi connectivity index (χ2v) is 20.6. The van der Waals surface area contributed by atoms with Gasteiger partial charge < -0.3 is 91.6 Å². The number of aliphatic hydroxyl groups is 2. The third-order valence-electron chi connectivity index (χ3n) is 13.1. The Morgan fingerprint density at radius 1 is 0.605 bits per heavy atom. The van der Waals surface area contributed by atoms with Crippen LogP contribution in [0.5, 0.6) is 0 Å². The van der Waals surface area contributed by atoms with E-state index in [9.17, 15) is 63.0 Å². The maximum atomic E-state index is 14.3. The molecule has 0 aliphatic carbocycles. The van der Waals surface area contributed by atoms with E-state index in [1.165, 1.54) is 13.8 Å². The van der Waals surface area contributed by atoms with Crippen LogP contribution in [0.15, 0.2) is 30.3 Å². The third-order valence-corrected chi connectivity index (χ3v) is 13.1. The molecule has 1 saturated heterocycles. The fourth-order valence-electron chi connectivity index (χ4n) is 8.58. The van der Waals surface area contributed by atoms with Gasteiger partial charge in [-0.3, -0.25) is 52.7 Å². The van der Waals surface area contributed by atoms with Gasteiger partial charge in [0.2, 0.25) is 65.0 Å². The van der Waals surface area contributed by atoms with Crippen molar-refractivity contribution < 1.29 is 63.0 Å². The molecule has 0 bridgehead atoms. The van der Waals surface area contributed by atoms with E-state index in [4.69, 9.17) is 22.9 Å². The number of rotatable bonds is 27. The molecule has 28 heteroatoms. The Morgan fingerprint density at radius 3 is 1.65 bits per heavy atom. The van der Waals surface area contributed by atoms with Crippen LogP contribution in [0.3, 0.4) is 0 Å². The summed E-state index contributed by atoms with van der Waals surface area (Å²) in [4.78, 5) is 151. The molecule has 11 amide bonds. The van der Waals surface area contributed by atoms with Crippen LogP contribution < -0.4 is 81.4 Å². The van der Waals surface area contributed by atoms with Crippen LogP contribution in [0.4, 0.5) is 0 Å². The topological polar surface area (TPSA) is 465 Å². The van der Waals surface area contributed by atoms with E-state index in [2.05, 4.69) is 65.4 Å². The quantitative estimate of drug-likeness (QED) is 0.0366. The van der Waals surface area contributed by atoms with E-state index in [1.54, 1.807) is 44.2 Å². The van der Waals surface area contributed by atoms with Crippen LogP contribution in [0.2, 0.25) is 0 Å². The average Bonchev–Trinajstić information content (AvgIpc) is 3.42. The summed E-state index contributed by atoms with van der Waals surface area (Å²) < 4.78 is 0. The molecule has 1 fully saturated rings. The van der Waals surface area contributed by atoms with Gasteiger partial charge in [-0.15, -0.1) is 0 Å². The van der Waals surface area contributed by atoms with Gasteiger partial charge in [0.25, 0.3) is 0 Å². The highest BCUT2D eigenvalue weighted by Crippen LogP contribution is 2.12. The van der Waals surface area contributed by atoms with Crippen molar-refractivity contribution in [3.63, 3.8) is 0 Å². The molecular weight excluding hydrogens is 1050 g/mol. The molecule has 0 radical (unpaired) electrons. The molecule has 0 saturated carbocycles. The first kappa shape index (κ1) is 70.3. The molecule has 0 aromatic heterocycles. The molecule has 1 heterocycles. The number of carbonyl (C=O) groups is 11. The molecule has 11 atom stereocenters. The highest BCUT2D eigenvalue weighted by Gasteiger charge is 2.36. The van der Waals surface area contributed by atoms with Gasteiger partial charge in [-0.2, -0.15) is 0 Å². The lowest BCUT2D eigenvalue weighted by Gasteiger charge is -2.28. The molecular formula is C53H91N15O13. The zero-order valence-corrected chi connectivity index (χ0v) is 47.4. The van der Waals surface area contributed by atoms with Crippen molar-refractivity contribution in [3.8, 4) is 0 Å². The van der Waals surface area contributed by atoms with E-state index < -0.39 is 151 Å². The van der Waals surface area contributed by atoms with Crippen molar-refractivity contribution in [2.24, 2.45) is 28.9 Å². The zero-order chi connectivity index (χ0) is 60.6. The first-order valence-corrected chi connectivity index (χ1v) is 28.0. The summed E-state index contributed by atoms with van der Waals surface area (Å²) in [6, 6.07) is -4.42. The monoisotopic (exact) mass is 1150 g/mol. The molecule has 1 aromatic rings. The maximum absolute atomic E-state index is 14.3. The highest BCUT2D eigenvalue weighted by molar-refractivity contribution is 5.99. The molecule has 21 N–H and O–H groups in total. The second kappa shape index (κ2) is 38.0. The van der Waals surface area contributed by atoms with Crippen LogP contribution in [0, 0.1) is 5.92 Å². The zero-order valence-electron chi connectivity index (χ0n) is 47.4. The summed E-state index contributed by atoms with van der Waals surface area (Å²) in [5.74, 6) is -9.77. The van der Waals surface area contributed by atoms with Crippen molar-refractivity contribution in [3.05, 3.63) is 35.9 Å². The number of amides is 11. The van der Waals surface area contributed by atoms with Crippen molar-refractivity contribution in [2.75, 3.05) is 39.3 Å². The third kappa shape index (κ3) is 26.1. The smallest absolute Gasteiger partial charge is 0.245 e. The maximum Gasteiger partial charge on any atom is 0.245 e. The molecule has 0 unspecified atom stereocenters. The van der Waals surface area contributed by atoms with E-state index in [-0.39, 0.29) is 77.0 Å². The van der Waals surface area contributed by atoms with Gasteiger partial charge in [-0.1, -0.05) is 76.8 Å². The average molecular weight is 1150 g/mol. The predicted molar refractivity (Wildman–Crippen MR) is 299 cm³/mol. The van der Waals surface area contributed by atoms with Crippen molar-refractivity contribution >= 4 is 65.0 Å². The number of nitrogens with one attached hydrogen (secondary N) is 11. The highest BCUT2D eigenvalue weighted by atomic mass is 16.3. The number of hydrogen-bond donors (Lipinski definition) is 17. The minimum Gasteiger partial charge on any atom is -0.391 e. The summed E-state index contributed by atoms with van der Waals surface area (Å²) >= 11 is 0. The van der Waals surface area contributed by atoms with Gasteiger partial charge in [0.1, 0.15) is 54.4 Å². The second-order valence-electron chi connectivity index (χ2n) is 20.6. The number of aliphatic hydroxyl groups excluding tert-OH is 2. The summed E-state index contributed by atoms with van der Waals surface area (Å²) in [5, 5.41) is 49.0. The summed E-state index contributed by atoms with van der Waals surface area (Å²) in [6.07, 6.45) is 0.524. The van der Waals surface area contributed by atoms with Crippen LogP contribution in [-0.4, -0.2) is 181 Å². The van der Waals surface area contributed by atoms with E-state index in [0.717, 1.165) is 25.7 Å². The first-order chi connectivity index (χ1) is 38.5. The Bertz CT molecular complexity index is 2210. The van der Waals surface area contributed by atoms with Crippen molar-refractivity contribution in [1.82, 2.24) is 58.5 Å². The minimum atomic E-state index is -1.67. The Kier molecular flexibility index (Phi) is 32.9. The molecule has 1 aliphatic rings. The van der Waals surface area contributed by atoms with Gasteiger partial charge in [0, 0.05) is 19.4 Å². The van der Waals surface area contributed by atoms with E-state index in [1.807, 2.05) is 0 Å². The molecule has 1 aromatic carbocycles. The number of unbranched alkanes of at least 4 members (excludes halogenated alkanes) is 4. The summed E-state index contributed by atoms with van der Waals surface area (Å²) in [5.41, 5.74) is 23.9. The molecule has 456 valence electrons. The number of nitrogens with two attached hydrogens (primary N) is 4. The normalized spacial score (nSPS) is 22.6.